The van der Waals surface area contributed by atoms with Gasteiger partial charge in [-0.3, -0.25) is 14.4 Å². The second-order valence-corrected chi connectivity index (χ2v) is 13.1. The first-order chi connectivity index (χ1) is 21.1. The number of benzene rings is 2. The van der Waals surface area contributed by atoms with Crippen molar-refractivity contribution < 1.29 is 24.2 Å². The third-order valence-corrected chi connectivity index (χ3v) is 10.3. The minimum atomic E-state index is -1.38. The van der Waals surface area contributed by atoms with E-state index >= 15 is 0 Å². The molecule has 2 fully saturated rings. The number of amides is 3. The van der Waals surface area contributed by atoms with Crippen molar-refractivity contribution in [1.82, 2.24) is 9.80 Å². The molecule has 6 rings (SSSR count). The van der Waals surface area contributed by atoms with Gasteiger partial charge in [0.25, 0.3) is 5.91 Å². The molecule has 232 valence electrons. The minimum absolute atomic E-state index is 0.0836. The number of hydrogen-bond donors (Lipinski definition) is 1. The van der Waals surface area contributed by atoms with Crippen LogP contribution in [0.25, 0.3) is 0 Å². The van der Waals surface area contributed by atoms with E-state index in [2.05, 4.69) is 0 Å². The van der Waals surface area contributed by atoms with Crippen LogP contribution < -0.4 is 4.90 Å². The molecular formula is C36H43N3O5. The molecule has 8 nitrogen and oxygen atoms in total. The fourth-order valence-electron chi connectivity index (χ4n) is 7.86. The summed E-state index contributed by atoms with van der Waals surface area (Å²) in [6.07, 6.45) is 8.34. The van der Waals surface area contributed by atoms with E-state index < -0.39 is 35.1 Å². The highest BCUT2D eigenvalue weighted by Crippen LogP contribution is 2.58. The van der Waals surface area contributed by atoms with Gasteiger partial charge in [0.05, 0.1) is 30.1 Å². The van der Waals surface area contributed by atoms with Crippen LogP contribution in [0.2, 0.25) is 0 Å². The Morgan fingerprint density at radius 3 is 2.39 bits per heavy atom. The first kappa shape index (κ1) is 30.3. The molecule has 0 bridgehead atoms. The molecule has 0 aliphatic carbocycles. The van der Waals surface area contributed by atoms with Crippen LogP contribution in [0.5, 0.6) is 0 Å². The first-order valence-corrected chi connectivity index (χ1v) is 15.8. The summed E-state index contributed by atoms with van der Waals surface area (Å²) in [6, 6.07) is 14.1. The van der Waals surface area contributed by atoms with Gasteiger partial charge in [-0.2, -0.15) is 0 Å². The van der Waals surface area contributed by atoms with Gasteiger partial charge in [0.2, 0.25) is 11.8 Å². The summed E-state index contributed by atoms with van der Waals surface area (Å²) in [5.74, 6) is -2.60. The molecule has 2 aromatic carbocycles. The van der Waals surface area contributed by atoms with Crippen molar-refractivity contribution in [2.45, 2.75) is 70.9 Å². The van der Waals surface area contributed by atoms with Gasteiger partial charge in [0.15, 0.2) is 0 Å². The van der Waals surface area contributed by atoms with E-state index in [0.717, 1.165) is 22.4 Å². The second kappa shape index (κ2) is 11.3. The van der Waals surface area contributed by atoms with Crippen LogP contribution in [0.4, 0.5) is 5.69 Å². The molecule has 2 saturated heterocycles. The highest BCUT2D eigenvalue weighted by Gasteiger charge is 2.75. The molecule has 2 aromatic rings. The Morgan fingerprint density at radius 2 is 1.68 bits per heavy atom. The molecule has 0 aromatic heterocycles. The maximum Gasteiger partial charge on any atom is 0.253 e. The van der Waals surface area contributed by atoms with Gasteiger partial charge in [-0.05, 0) is 49.4 Å². The van der Waals surface area contributed by atoms with Gasteiger partial charge in [0.1, 0.15) is 11.6 Å². The molecule has 1 N–H and O–H groups in total. The summed E-state index contributed by atoms with van der Waals surface area (Å²) in [5, 5.41) is 10.7. The predicted molar refractivity (Wildman–Crippen MR) is 169 cm³/mol. The Balaban J connectivity index is 1.49. The number of aliphatic hydroxyl groups excluding tert-OH is 1. The predicted octanol–water partition coefficient (Wildman–Crippen LogP) is 4.18. The van der Waals surface area contributed by atoms with Crippen molar-refractivity contribution in [2.24, 2.45) is 17.8 Å². The summed E-state index contributed by atoms with van der Waals surface area (Å²) in [6.45, 7) is 10.6. The summed E-state index contributed by atoms with van der Waals surface area (Å²) in [5.41, 5.74) is 1.26. The monoisotopic (exact) mass is 597 g/mol. The van der Waals surface area contributed by atoms with E-state index in [1.807, 2.05) is 107 Å². The zero-order valence-electron chi connectivity index (χ0n) is 26.3. The number of ether oxygens (including phenoxy) is 1. The lowest BCUT2D eigenvalue weighted by molar-refractivity contribution is -0.152. The van der Waals surface area contributed by atoms with Gasteiger partial charge in [-0.15, -0.1) is 0 Å². The molecule has 1 unspecified atom stereocenters. The van der Waals surface area contributed by atoms with Gasteiger partial charge in [-0.25, -0.2) is 0 Å². The third kappa shape index (κ3) is 4.61. The Kier molecular flexibility index (Phi) is 7.79. The van der Waals surface area contributed by atoms with Crippen LogP contribution in [0.15, 0.2) is 72.8 Å². The van der Waals surface area contributed by atoms with Crippen LogP contribution in [-0.2, 0) is 25.7 Å². The molecule has 4 aliphatic rings. The van der Waals surface area contributed by atoms with E-state index in [4.69, 9.17) is 4.74 Å². The van der Waals surface area contributed by atoms with E-state index in [1.54, 1.807) is 14.7 Å². The number of anilines is 1. The van der Waals surface area contributed by atoms with E-state index in [0.29, 0.717) is 26.1 Å². The topological polar surface area (TPSA) is 90.4 Å². The number of rotatable bonds is 7. The van der Waals surface area contributed by atoms with E-state index in [-0.39, 0.29) is 30.2 Å². The lowest BCUT2D eigenvalue weighted by Crippen LogP contribution is -2.60. The average Bonchev–Trinajstić information content (AvgIpc) is 3.28. The molecule has 44 heavy (non-hydrogen) atoms. The summed E-state index contributed by atoms with van der Waals surface area (Å²) < 4.78 is 7.00. The lowest BCUT2D eigenvalue weighted by Gasteiger charge is -2.41. The zero-order chi connectivity index (χ0) is 31.4. The third-order valence-electron chi connectivity index (χ3n) is 10.3. The normalized spacial score (nSPS) is 31.0. The maximum atomic E-state index is 14.9. The average molecular weight is 598 g/mol. The largest absolute Gasteiger partial charge is 0.394 e. The Bertz CT molecular complexity index is 1520. The number of carbonyl (C=O) groups is 3. The SMILES string of the molecule is CC[C@H](C)[C@H](CO)N1C(=O)[C@@H]2[C@H]3C(=O)N(Cc4ccccc4)CC=C[C@@]3(C)O[C@@]23C=CCN(c2cc(C)ccc2C)C(=O)C13. The van der Waals surface area contributed by atoms with Crippen molar-refractivity contribution in [3.63, 3.8) is 0 Å². The van der Waals surface area contributed by atoms with Crippen molar-refractivity contribution >= 4 is 23.4 Å². The second-order valence-electron chi connectivity index (χ2n) is 13.1. The highest BCUT2D eigenvalue weighted by atomic mass is 16.5. The van der Waals surface area contributed by atoms with Gasteiger partial charge >= 0.3 is 0 Å². The summed E-state index contributed by atoms with van der Waals surface area (Å²) >= 11 is 0. The van der Waals surface area contributed by atoms with Crippen molar-refractivity contribution in [2.75, 3.05) is 24.6 Å². The van der Waals surface area contributed by atoms with Crippen LogP contribution in [-0.4, -0.2) is 75.6 Å². The molecule has 1 spiro atoms. The number of fused-ring (bicyclic) bond motifs is 2. The standard InChI is InChI=1S/C36H43N3O5/c1-6-24(3)28(22-40)39-31-34(43)38(27-20-23(2)14-15-25(27)4)19-11-17-36(31)30(33(39)42)29-32(41)37(18-10-16-35(29,5)44-36)21-26-12-8-7-9-13-26/h7-17,20,24,28-31,40H,6,18-19,21-22H2,1-5H3/t24-,28-,29-,30-,31?,35+,36-/m0/s1. The molecule has 0 radical (unpaired) electrons. The van der Waals surface area contributed by atoms with Crippen LogP contribution in [0.3, 0.4) is 0 Å². The van der Waals surface area contributed by atoms with Crippen molar-refractivity contribution in [1.29, 1.82) is 0 Å². The molecule has 4 heterocycles. The minimum Gasteiger partial charge on any atom is -0.394 e. The zero-order valence-corrected chi connectivity index (χ0v) is 26.3. The summed E-state index contributed by atoms with van der Waals surface area (Å²) in [4.78, 5) is 49.4. The molecular weight excluding hydrogens is 554 g/mol. The smallest absolute Gasteiger partial charge is 0.253 e. The van der Waals surface area contributed by atoms with Crippen molar-refractivity contribution in [3.05, 3.63) is 89.5 Å². The Labute approximate surface area is 260 Å². The fourth-order valence-corrected chi connectivity index (χ4v) is 7.86. The summed E-state index contributed by atoms with van der Waals surface area (Å²) in [7, 11) is 0. The van der Waals surface area contributed by atoms with E-state index in [1.165, 1.54) is 0 Å². The quantitative estimate of drug-likeness (QED) is 0.484. The van der Waals surface area contributed by atoms with Gasteiger partial charge in [0, 0.05) is 25.3 Å². The molecule has 8 heteroatoms. The number of aliphatic hydroxyl groups is 1. The van der Waals surface area contributed by atoms with E-state index in [9.17, 15) is 19.5 Å². The lowest BCUT2D eigenvalue weighted by atomic mass is 9.74. The molecule has 4 aliphatic heterocycles. The van der Waals surface area contributed by atoms with Crippen LogP contribution in [0, 0.1) is 31.6 Å². The number of aryl methyl sites for hydroxylation is 2. The highest BCUT2D eigenvalue weighted by molar-refractivity contribution is 6.06. The molecule has 3 amide bonds. The molecule has 0 saturated carbocycles. The fraction of sp³-hybridized carbons (Fsp3) is 0.472. The Hall–Kier alpha value is -3.75. The first-order valence-electron chi connectivity index (χ1n) is 15.8. The number of nitrogens with zero attached hydrogens (tertiary/aromatic N) is 3. The van der Waals surface area contributed by atoms with Crippen LogP contribution >= 0.6 is 0 Å². The van der Waals surface area contributed by atoms with Gasteiger partial charge in [-0.1, -0.05) is 87.0 Å². The van der Waals surface area contributed by atoms with Crippen LogP contribution in [0.1, 0.15) is 43.9 Å². The van der Waals surface area contributed by atoms with Gasteiger partial charge < -0.3 is 24.5 Å². The van der Waals surface area contributed by atoms with Crippen molar-refractivity contribution in [3.8, 4) is 0 Å². The molecule has 7 atom stereocenters. The Morgan fingerprint density at radius 1 is 0.955 bits per heavy atom. The number of likely N-dealkylation sites (tertiary alicyclic amines) is 1. The number of carbonyl (C=O) groups excluding carboxylic acids is 3. The number of hydrogen-bond acceptors (Lipinski definition) is 5. The maximum absolute atomic E-state index is 14.9.